The molecule has 0 bridgehead atoms. The fourth-order valence-corrected chi connectivity index (χ4v) is 4.56. The van der Waals surface area contributed by atoms with Crippen molar-refractivity contribution in [2.24, 2.45) is 5.92 Å². The third-order valence-electron chi connectivity index (χ3n) is 5.66. The summed E-state index contributed by atoms with van der Waals surface area (Å²) in [5, 5.41) is 14.1. The molecule has 2 aromatic carbocycles. The van der Waals surface area contributed by atoms with E-state index in [4.69, 9.17) is 4.74 Å². The molecule has 0 saturated carbocycles. The van der Waals surface area contributed by atoms with E-state index >= 15 is 0 Å². The van der Waals surface area contributed by atoms with Crippen LogP contribution >= 0.6 is 0 Å². The quantitative estimate of drug-likeness (QED) is 0.298. The Hall–Kier alpha value is -3.74. The highest BCUT2D eigenvalue weighted by molar-refractivity contribution is 7.92. The normalized spacial score (nSPS) is 12.1. The number of amides is 2. The van der Waals surface area contributed by atoms with Crippen LogP contribution in [0, 0.1) is 21.8 Å². The van der Waals surface area contributed by atoms with Gasteiger partial charge in [-0.3, -0.25) is 24.0 Å². The second kappa shape index (κ2) is 13.2. The Morgan fingerprint density at radius 3 is 2.29 bits per heavy atom. The van der Waals surface area contributed by atoms with Crippen molar-refractivity contribution >= 4 is 33.2 Å². The zero-order chi connectivity index (χ0) is 28.6. The Labute approximate surface area is 221 Å². The first-order valence-electron chi connectivity index (χ1n) is 11.9. The highest BCUT2D eigenvalue weighted by Gasteiger charge is 2.33. The molecule has 38 heavy (non-hydrogen) atoms. The molecule has 0 aliphatic heterocycles. The topological polar surface area (TPSA) is 139 Å². The van der Waals surface area contributed by atoms with Crippen molar-refractivity contribution in [3.63, 3.8) is 0 Å². The van der Waals surface area contributed by atoms with Gasteiger partial charge in [0.1, 0.15) is 29.8 Å². The maximum Gasteiger partial charge on any atom is 0.271 e. The monoisotopic (exact) mass is 552 g/mol. The molecule has 1 N–H and O–H groups in total. The predicted molar refractivity (Wildman–Crippen MR) is 141 cm³/mol. The lowest BCUT2D eigenvalue weighted by molar-refractivity contribution is -0.384. The highest BCUT2D eigenvalue weighted by atomic mass is 32.2. The minimum Gasteiger partial charge on any atom is -0.495 e. The number of hydrogen-bond acceptors (Lipinski definition) is 7. The molecule has 208 valence electrons. The fourth-order valence-electron chi connectivity index (χ4n) is 3.71. The van der Waals surface area contributed by atoms with Gasteiger partial charge in [0.15, 0.2) is 0 Å². The van der Waals surface area contributed by atoms with Crippen molar-refractivity contribution in [2.45, 2.75) is 39.8 Å². The van der Waals surface area contributed by atoms with Gasteiger partial charge in [0.2, 0.25) is 21.8 Å². The first kappa shape index (κ1) is 30.5. The first-order valence-corrected chi connectivity index (χ1v) is 13.7. The lowest BCUT2D eigenvalue weighted by Crippen LogP contribution is -2.52. The Morgan fingerprint density at radius 2 is 1.79 bits per heavy atom. The molecular formula is C25H33FN4O7S. The zero-order valence-corrected chi connectivity index (χ0v) is 22.8. The van der Waals surface area contributed by atoms with Crippen LogP contribution < -0.4 is 14.4 Å². The Bertz CT molecular complexity index is 1250. The van der Waals surface area contributed by atoms with Crippen LogP contribution in [0.2, 0.25) is 0 Å². The van der Waals surface area contributed by atoms with E-state index in [0.717, 1.165) is 18.4 Å². The number of nitrogens with zero attached hydrogens (tertiary/aromatic N) is 3. The maximum atomic E-state index is 13.7. The van der Waals surface area contributed by atoms with Gasteiger partial charge >= 0.3 is 0 Å². The van der Waals surface area contributed by atoms with Crippen LogP contribution in [0.3, 0.4) is 0 Å². The Morgan fingerprint density at radius 1 is 1.16 bits per heavy atom. The number of benzene rings is 2. The molecular weight excluding hydrogens is 519 g/mol. The number of anilines is 1. The molecule has 0 aliphatic carbocycles. The summed E-state index contributed by atoms with van der Waals surface area (Å²) in [5.74, 6) is -1.48. The van der Waals surface area contributed by atoms with E-state index in [1.807, 2.05) is 13.8 Å². The largest absolute Gasteiger partial charge is 0.495 e. The summed E-state index contributed by atoms with van der Waals surface area (Å²) in [4.78, 5) is 38.6. The average Bonchev–Trinajstić information content (AvgIpc) is 2.85. The molecule has 13 heteroatoms. The predicted octanol–water partition coefficient (Wildman–Crippen LogP) is 3.09. The molecule has 2 rings (SSSR count). The first-order chi connectivity index (χ1) is 17.8. The number of methoxy groups -OCH3 is 1. The fraction of sp³-hybridized carbons (Fsp3) is 0.440. The van der Waals surface area contributed by atoms with Crippen LogP contribution in [-0.2, 0) is 26.2 Å². The number of non-ortho nitro benzene ring substituents is 1. The number of carbonyl (C=O) groups is 2. The van der Waals surface area contributed by atoms with E-state index in [9.17, 15) is 32.5 Å². The molecule has 0 radical (unpaired) electrons. The summed E-state index contributed by atoms with van der Waals surface area (Å²) in [6.07, 6.45) is 1.07. The molecule has 2 amide bonds. The van der Waals surface area contributed by atoms with E-state index in [1.165, 1.54) is 42.3 Å². The van der Waals surface area contributed by atoms with Crippen LogP contribution in [0.25, 0.3) is 0 Å². The van der Waals surface area contributed by atoms with Crippen LogP contribution in [0.5, 0.6) is 5.75 Å². The van der Waals surface area contributed by atoms with E-state index in [0.29, 0.717) is 16.4 Å². The number of carbonyl (C=O) groups excluding carboxylic acids is 2. The third kappa shape index (κ3) is 8.13. The summed E-state index contributed by atoms with van der Waals surface area (Å²) >= 11 is 0. The molecule has 0 saturated heterocycles. The second-order valence-corrected chi connectivity index (χ2v) is 11.0. The Kier molecular flexibility index (Phi) is 10.6. The molecule has 11 nitrogen and oxygen atoms in total. The van der Waals surface area contributed by atoms with E-state index in [-0.39, 0.29) is 30.3 Å². The Balaban J connectivity index is 2.53. The van der Waals surface area contributed by atoms with Gasteiger partial charge in [-0.15, -0.1) is 0 Å². The van der Waals surface area contributed by atoms with Gasteiger partial charge in [-0.1, -0.05) is 32.9 Å². The van der Waals surface area contributed by atoms with Crippen molar-refractivity contribution in [3.8, 4) is 5.75 Å². The summed E-state index contributed by atoms with van der Waals surface area (Å²) in [5.41, 5.74) is -0.0742. The number of hydrogen-bond donors (Lipinski definition) is 1. The van der Waals surface area contributed by atoms with Crippen molar-refractivity contribution in [3.05, 3.63) is 64.0 Å². The molecule has 2 aromatic rings. The van der Waals surface area contributed by atoms with Gasteiger partial charge in [0, 0.05) is 25.2 Å². The van der Waals surface area contributed by atoms with E-state index in [1.54, 1.807) is 6.92 Å². The van der Waals surface area contributed by atoms with Gasteiger partial charge in [-0.25, -0.2) is 12.8 Å². The van der Waals surface area contributed by atoms with E-state index in [2.05, 4.69) is 5.32 Å². The SMILES string of the molecule is CC[C@@H](C(=O)NCC(C)C)N(Cc1ccc(F)cc1)C(=O)CN(c1cc([N+](=O)[O-])ccc1OC)S(C)(=O)=O. The number of sulfonamides is 1. The van der Waals surface area contributed by atoms with Crippen LogP contribution in [0.1, 0.15) is 32.8 Å². The van der Waals surface area contributed by atoms with Crippen LogP contribution in [0.4, 0.5) is 15.8 Å². The van der Waals surface area contributed by atoms with Crippen LogP contribution in [0.15, 0.2) is 42.5 Å². The van der Waals surface area contributed by atoms with Crippen molar-refractivity contribution in [1.82, 2.24) is 10.2 Å². The minimum atomic E-state index is -4.14. The maximum absolute atomic E-state index is 13.7. The molecule has 0 aromatic heterocycles. The lowest BCUT2D eigenvalue weighted by Gasteiger charge is -2.33. The summed E-state index contributed by atoms with van der Waals surface area (Å²) in [6.45, 7) is 5.05. The van der Waals surface area contributed by atoms with Crippen molar-refractivity contribution in [1.29, 1.82) is 0 Å². The molecule has 0 fully saturated rings. The molecule has 0 spiro atoms. The summed E-state index contributed by atoms with van der Waals surface area (Å²) in [6, 6.07) is 7.80. The number of nitro groups is 1. The lowest BCUT2D eigenvalue weighted by atomic mass is 10.1. The second-order valence-electron chi connectivity index (χ2n) is 9.09. The molecule has 0 unspecified atom stereocenters. The summed E-state index contributed by atoms with van der Waals surface area (Å²) < 4.78 is 45.0. The van der Waals surface area contributed by atoms with Gasteiger partial charge in [0.25, 0.3) is 5.69 Å². The highest BCUT2D eigenvalue weighted by Crippen LogP contribution is 2.34. The number of nitro benzene ring substituents is 1. The third-order valence-corrected chi connectivity index (χ3v) is 6.78. The van der Waals surface area contributed by atoms with Gasteiger partial charge < -0.3 is 15.0 Å². The van der Waals surface area contributed by atoms with E-state index < -0.39 is 50.9 Å². The number of rotatable bonds is 13. The van der Waals surface area contributed by atoms with Gasteiger partial charge in [-0.2, -0.15) is 0 Å². The standard InChI is InChI=1S/C25H33FN4O7S/c1-6-21(25(32)27-14-17(2)3)28(15-18-7-9-19(26)10-8-18)24(31)16-29(38(5,35)36)22-13-20(30(33)34)11-12-23(22)37-4/h7-13,17,21H,6,14-16H2,1-5H3,(H,27,32)/t21-/m0/s1. The van der Waals surface area contributed by atoms with Crippen molar-refractivity contribution < 1.29 is 32.1 Å². The molecule has 1 atom stereocenters. The summed E-state index contributed by atoms with van der Waals surface area (Å²) in [7, 11) is -2.88. The van der Waals surface area contributed by atoms with Gasteiger partial charge in [-0.05, 0) is 36.1 Å². The molecule has 0 aliphatic rings. The van der Waals surface area contributed by atoms with Crippen molar-refractivity contribution in [2.75, 3.05) is 30.8 Å². The average molecular weight is 553 g/mol. The number of ether oxygens (including phenoxy) is 1. The van der Waals surface area contributed by atoms with Crippen LogP contribution in [-0.4, -0.2) is 62.6 Å². The van der Waals surface area contributed by atoms with Gasteiger partial charge in [0.05, 0.1) is 18.3 Å². The molecule has 0 heterocycles. The number of halogens is 1. The number of nitrogens with one attached hydrogen (secondary N) is 1. The zero-order valence-electron chi connectivity index (χ0n) is 22.0. The smallest absolute Gasteiger partial charge is 0.271 e. The minimum absolute atomic E-state index is 0.000581.